The quantitative estimate of drug-likeness (QED) is 0.609. The molecule has 2 aliphatic rings. The van der Waals surface area contributed by atoms with Gasteiger partial charge in [-0.1, -0.05) is 5.57 Å². The number of aliphatic imine (C=N–C) groups is 1. The highest BCUT2D eigenvalue weighted by molar-refractivity contribution is 5.99. The van der Waals surface area contributed by atoms with E-state index >= 15 is 0 Å². The van der Waals surface area contributed by atoms with E-state index in [4.69, 9.17) is 4.74 Å². The number of carbonyl (C=O) groups excluding carboxylic acids is 1. The number of cyclic esters (lactones) is 1. The summed E-state index contributed by atoms with van der Waals surface area (Å²) >= 11 is 0. The first kappa shape index (κ1) is 10.2. The Hall–Kier alpha value is -1.32. The molecule has 82 valence electrons. The topological polar surface area (TPSA) is 41.9 Å². The molecule has 2 atom stereocenters. The molecule has 0 radical (unpaired) electrons. The van der Waals surface area contributed by atoms with Gasteiger partial charge in [0.25, 0.3) is 0 Å². The van der Waals surface area contributed by atoms with Gasteiger partial charge in [-0.15, -0.1) is 0 Å². The molecule has 1 saturated heterocycles. The average molecular weight is 208 g/mol. The van der Waals surface area contributed by atoms with Gasteiger partial charge in [0.1, 0.15) is 12.8 Å². The van der Waals surface area contributed by atoms with Crippen molar-refractivity contribution < 1.29 is 9.53 Å². The highest BCUT2D eigenvalue weighted by Gasteiger charge is 2.38. The first-order valence-corrected chi connectivity index (χ1v) is 5.14. The molecule has 0 aromatic rings. The zero-order valence-corrected chi connectivity index (χ0v) is 9.57. The van der Waals surface area contributed by atoms with E-state index < -0.39 is 0 Å². The number of nitrogens with zero attached hydrogens (tertiary/aromatic N) is 2. The highest BCUT2D eigenvalue weighted by atomic mass is 16.6. The van der Waals surface area contributed by atoms with Crippen LogP contribution in [0.3, 0.4) is 0 Å². The Bertz CT molecular complexity index is 371. The van der Waals surface area contributed by atoms with Gasteiger partial charge in [-0.25, -0.2) is 4.79 Å². The molecule has 2 heterocycles. The van der Waals surface area contributed by atoms with Crippen molar-refractivity contribution in [2.75, 3.05) is 13.7 Å². The first-order valence-electron chi connectivity index (χ1n) is 5.14. The van der Waals surface area contributed by atoms with Crippen LogP contribution in [-0.2, 0) is 4.74 Å². The van der Waals surface area contributed by atoms with E-state index in [1.165, 1.54) is 11.1 Å². The van der Waals surface area contributed by atoms with Crippen molar-refractivity contribution in [2.24, 2.45) is 10.9 Å². The monoisotopic (exact) mass is 208 g/mol. The summed E-state index contributed by atoms with van der Waals surface area (Å²) in [7, 11) is 1.74. The Morgan fingerprint density at radius 1 is 1.40 bits per heavy atom. The van der Waals surface area contributed by atoms with Gasteiger partial charge in [0.2, 0.25) is 0 Å². The predicted octanol–water partition coefficient (Wildman–Crippen LogP) is 1.82. The molecule has 0 aromatic carbocycles. The van der Waals surface area contributed by atoms with Crippen molar-refractivity contribution >= 4 is 11.8 Å². The molecule has 4 nitrogen and oxygen atoms in total. The van der Waals surface area contributed by atoms with Crippen LogP contribution in [0.1, 0.15) is 20.8 Å². The van der Waals surface area contributed by atoms with Crippen molar-refractivity contribution in [3.8, 4) is 0 Å². The van der Waals surface area contributed by atoms with E-state index in [-0.39, 0.29) is 18.2 Å². The fraction of sp³-hybridized carbons (Fsp3) is 0.636. The van der Waals surface area contributed by atoms with Crippen LogP contribution in [0, 0.1) is 5.92 Å². The van der Waals surface area contributed by atoms with Crippen molar-refractivity contribution in [2.45, 2.75) is 26.9 Å². The maximum absolute atomic E-state index is 11.4. The number of fused-ring (bicyclic) bond motifs is 1. The number of hydrogen-bond acceptors (Lipinski definition) is 3. The van der Waals surface area contributed by atoms with E-state index in [0.29, 0.717) is 6.61 Å². The van der Waals surface area contributed by atoms with Crippen LogP contribution in [0.15, 0.2) is 16.1 Å². The molecule has 15 heavy (non-hydrogen) atoms. The zero-order valence-electron chi connectivity index (χ0n) is 9.57. The van der Waals surface area contributed by atoms with E-state index in [0.717, 1.165) is 5.71 Å². The third-order valence-corrected chi connectivity index (χ3v) is 3.45. The molecule has 0 N–H and O–H groups in total. The third-order valence-electron chi connectivity index (χ3n) is 3.45. The average Bonchev–Trinajstić information content (AvgIpc) is 2.21. The number of carbonyl (C=O) groups is 1. The lowest BCUT2D eigenvalue weighted by atomic mass is 9.88. The van der Waals surface area contributed by atoms with Gasteiger partial charge in [0, 0.05) is 12.8 Å². The highest BCUT2D eigenvalue weighted by Crippen LogP contribution is 2.31. The summed E-state index contributed by atoms with van der Waals surface area (Å²) in [5, 5.41) is 0. The Morgan fingerprint density at radius 3 is 2.73 bits per heavy atom. The number of ether oxygens (including phenoxy) is 1. The maximum Gasteiger partial charge on any atom is 0.411 e. The predicted molar refractivity (Wildman–Crippen MR) is 57.9 cm³/mol. The number of amides is 1. The molecule has 1 fully saturated rings. The molecule has 1 amide bonds. The molecule has 0 saturated carbocycles. The number of hydrogen-bond donors (Lipinski definition) is 0. The molecular formula is C11H16N2O2. The fourth-order valence-corrected chi connectivity index (χ4v) is 2.11. The Kier molecular flexibility index (Phi) is 2.29. The van der Waals surface area contributed by atoms with Crippen molar-refractivity contribution in [3.63, 3.8) is 0 Å². The van der Waals surface area contributed by atoms with Gasteiger partial charge in [-0.05, 0) is 26.3 Å². The SMILES string of the molecule is CC1=NC2C(COC(=O)N2C)C(C)=C1C. The number of rotatable bonds is 0. The van der Waals surface area contributed by atoms with Gasteiger partial charge < -0.3 is 4.74 Å². The van der Waals surface area contributed by atoms with Crippen LogP contribution < -0.4 is 0 Å². The summed E-state index contributed by atoms with van der Waals surface area (Å²) in [6.45, 7) is 6.61. The summed E-state index contributed by atoms with van der Waals surface area (Å²) in [4.78, 5) is 17.5. The number of dihydropyridines is 1. The van der Waals surface area contributed by atoms with Gasteiger partial charge in [-0.3, -0.25) is 9.89 Å². The molecule has 2 rings (SSSR count). The second-order valence-corrected chi connectivity index (χ2v) is 4.23. The second kappa shape index (κ2) is 3.36. The van der Waals surface area contributed by atoms with Crippen molar-refractivity contribution in [3.05, 3.63) is 11.1 Å². The molecule has 4 heteroatoms. The first-order chi connectivity index (χ1) is 7.02. The maximum atomic E-state index is 11.4. The van der Waals surface area contributed by atoms with Crippen LogP contribution >= 0.6 is 0 Å². The lowest BCUT2D eigenvalue weighted by Crippen LogP contribution is -2.50. The largest absolute Gasteiger partial charge is 0.449 e. The van der Waals surface area contributed by atoms with Crippen LogP contribution in [0.25, 0.3) is 0 Å². The van der Waals surface area contributed by atoms with E-state index in [2.05, 4.69) is 18.8 Å². The number of allylic oxidation sites excluding steroid dienone is 1. The minimum Gasteiger partial charge on any atom is -0.449 e. The van der Waals surface area contributed by atoms with Crippen LogP contribution in [0.5, 0.6) is 0 Å². The van der Waals surface area contributed by atoms with E-state index in [1.807, 2.05) is 6.92 Å². The second-order valence-electron chi connectivity index (χ2n) is 4.23. The third kappa shape index (κ3) is 1.44. The fourth-order valence-electron chi connectivity index (χ4n) is 2.11. The summed E-state index contributed by atoms with van der Waals surface area (Å²) in [5.74, 6) is 0.219. The van der Waals surface area contributed by atoms with Crippen LogP contribution in [0.2, 0.25) is 0 Å². The summed E-state index contributed by atoms with van der Waals surface area (Å²) in [6, 6.07) is 0. The van der Waals surface area contributed by atoms with Gasteiger partial charge in [0.15, 0.2) is 0 Å². The molecule has 0 bridgehead atoms. The standard InChI is InChI=1S/C11H16N2O2/c1-6-7(2)9-5-15-11(14)13(4)10(9)12-8(6)3/h9-10H,5H2,1-4H3. The minimum absolute atomic E-state index is 0.0741. The van der Waals surface area contributed by atoms with Crippen molar-refractivity contribution in [1.82, 2.24) is 4.90 Å². The van der Waals surface area contributed by atoms with Gasteiger partial charge in [-0.2, -0.15) is 0 Å². The van der Waals surface area contributed by atoms with E-state index in [9.17, 15) is 4.79 Å². The van der Waals surface area contributed by atoms with Crippen molar-refractivity contribution in [1.29, 1.82) is 0 Å². The normalized spacial score (nSPS) is 31.1. The van der Waals surface area contributed by atoms with Gasteiger partial charge >= 0.3 is 6.09 Å². The molecule has 0 spiro atoms. The smallest absolute Gasteiger partial charge is 0.411 e. The molecule has 0 aliphatic carbocycles. The lowest BCUT2D eigenvalue weighted by Gasteiger charge is -2.39. The summed E-state index contributed by atoms with van der Waals surface area (Å²) < 4.78 is 5.10. The zero-order chi connectivity index (χ0) is 11.2. The van der Waals surface area contributed by atoms with Crippen LogP contribution in [0.4, 0.5) is 4.79 Å². The lowest BCUT2D eigenvalue weighted by molar-refractivity contribution is 0.0316. The Morgan fingerprint density at radius 2 is 2.07 bits per heavy atom. The molecule has 2 unspecified atom stereocenters. The summed E-state index contributed by atoms with van der Waals surface area (Å²) in [6.07, 6.45) is -0.352. The molecule has 0 aromatic heterocycles. The minimum atomic E-state index is -0.278. The Labute approximate surface area is 89.6 Å². The summed E-state index contributed by atoms with van der Waals surface area (Å²) in [5.41, 5.74) is 3.53. The molecular weight excluding hydrogens is 192 g/mol. The molecule has 2 aliphatic heterocycles. The van der Waals surface area contributed by atoms with Gasteiger partial charge in [0.05, 0.1) is 5.92 Å². The Balaban J connectivity index is 2.37. The van der Waals surface area contributed by atoms with E-state index in [1.54, 1.807) is 11.9 Å². The van der Waals surface area contributed by atoms with Crippen LogP contribution in [-0.4, -0.2) is 36.5 Å².